The van der Waals surface area contributed by atoms with Gasteiger partial charge in [0.05, 0.1) is 6.61 Å². The van der Waals surface area contributed by atoms with E-state index < -0.39 is 0 Å². The molecule has 0 atom stereocenters. The first kappa shape index (κ1) is 13.2. The topological polar surface area (TPSA) is 44.2 Å². The maximum atomic E-state index is 6.00. The summed E-state index contributed by atoms with van der Waals surface area (Å²) >= 11 is 6.00. The molecule has 1 aliphatic rings. The average molecular weight is 291 g/mol. The molecule has 3 rings (SSSR count). The number of rotatable bonds is 5. The summed E-state index contributed by atoms with van der Waals surface area (Å²) in [7, 11) is 0. The van der Waals surface area contributed by atoms with Crippen LogP contribution in [0.15, 0.2) is 30.3 Å². The Morgan fingerprint density at radius 3 is 2.50 bits per heavy atom. The van der Waals surface area contributed by atoms with Gasteiger partial charge >= 0.3 is 0 Å². The van der Waals surface area contributed by atoms with Crippen LogP contribution in [-0.4, -0.2) is 16.6 Å². The van der Waals surface area contributed by atoms with Gasteiger partial charge in [-0.25, -0.2) is 4.98 Å². The van der Waals surface area contributed by atoms with E-state index in [1.54, 1.807) is 6.07 Å². The van der Waals surface area contributed by atoms with Crippen LogP contribution in [0.3, 0.4) is 0 Å². The van der Waals surface area contributed by atoms with Crippen LogP contribution in [0.4, 0.5) is 0 Å². The molecule has 5 heteroatoms. The normalized spacial score (nSPS) is 14.1. The molecule has 20 heavy (non-hydrogen) atoms. The molecule has 0 bridgehead atoms. The second kappa shape index (κ2) is 5.67. The first-order valence-electron chi connectivity index (χ1n) is 6.70. The summed E-state index contributed by atoms with van der Waals surface area (Å²) in [6, 6.07) is 9.05. The van der Waals surface area contributed by atoms with E-state index in [-0.39, 0.29) is 0 Å². The predicted octanol–water partition coefficient (Wildman–Crippen LogP) is 4.20. The van der Waals surface area contributed by atoms with E-state index in [0.717, 1.165) is 24.4 Å². The van der Waals surface area contributed by atoms with Gasteiger partial charge in [-0.05, 0) is 44.0 Å². The molecule has 1 fully saturated rings. The molecule has 2 aromatic rings. The Morgan fingerprint density at radius 1 is 1.15 bits per heavy atom. The van der Waals surface area contributed by atoms with Crippen molar-refractivity contribution in [2.45, 2.75) is 25.7 Å². The minimum absolute atomic E-state index is 0.419. The SMILES string of the molecule is CCOc1ccc(Oc2cc(Cl)nc(C3CC3)n2)cc1. The zero-order valence-corrected chi connectivity index (χ0v) is 11.9. The van der Waals surface area contributed by atoms with E-state index in [9.17, 15) is 0 Å². The second-order valence-electron chi connectivity index (χ2n) is 4.67. The Balaban J connectivity index is 1.76. The molecule has 0 saturated heterocycles. The van der Waals surface area contributed by atoms with Crippen molar-refractivity contribution in [3.8, 4) is 17.4 Å². The van der Waals surface area contributed by atoms with Gasteiger partial charge in [-0.2, -0.15) is 4.98 Å². The highest BCUT2D eigenvalue weighted by Crippen LogP contribution is 2.39. The number of hydrogen-bond donors (Lipinski definition) is 0. The maximum Gasteiger partial charge on any atom is 0.224 e. The van der Waals surface area contributed by atoms with Crippen molar-refractivity contribution >= 4 is 11.6 Å². The second-order valence-corrected chi connectivity index (χ2v) is 5.06. The van der Waals surface area contributed by atoms with Crippen LogP contribution in [0.25, 0.3) is 0 Å². The highest BCUT2D eigenvalue weighted by atomic mass is 35.5. The standard InChI is InChI=1S/C15H15ClN2O2/c1-2-19-11-5-7-12(8-6-11)20-14-9-13(16)17-15(18-14)10-3-4-10/h5-10H,2-4H2,1H3. The van der Waals surface area contributed by atoms with Crippen molar-refractivity contribution in [2.24, 2.45) is 0 Å². The largest absolute Gasteiger partial charge is 0.494 e. The number of aromatic nitrogens is 2. The van der Waals surface area contributed by atoms with Gasteiger partial charge in [-0.15, -0.1) is 0 Å². The Labute approximate surface area is 122 Å². The van der Waals surface area contributed by atoms with Crippen LogP contribution in [-0.2, 0) is 0 Å². The lowest BCUT2D eigenvalue weighted by molar-refractivity contribution is 0.339. The summed E-state index contributed by atoms with van der Waals surface area (Å²) in [5.41, 5.74) is 0. The summed E-state index contributed by atoms with van der Waals surface area (Å²) in [4.78, 5) is 8.63. The van der Waals surface area contributed by atoms with Crippen molar-refractivity contribution in [1.29, 1.82) is 0 Å². The molecule has 0 radical (unpaired) electrons. The van der Waals surface area contributed by atoms with Crippen LogP contribution in [0.5, 0.6) is 17.4 Å². The summed E-state index contributed by atoms with van der Waals surface area (Å²) in [5, 5.41) is 0.419. The molecule has 0 spiro atoms. The monoisotopic (exact) mass is 290 g/mol. The van der Waals surface area contributed by atoms with Crippen molar-refractivity contribution in [3.63, 3.8) is 0 Å². The van der Waals surface area contributed by atoms with E-state index in [0.29, 0.717) is 29.3 Å². The molecule has 0 aliphatic heterocycles. The minimum Gasteiger partial charge on any atom is -0.494 e. The van der Waals surface area contributed by atoms with Gasteiger partial charge in [-0.1, -0.05) is 11.6 Å². The molecule has 0 N–H and O–H groups in total. The molecule has 1 aliphatic carbocycles. The average Bonchev–Trinajstić information content (AvgIpc) is 3.25. The fourth-order valence-corrected chi connectivity index (χ4v) is 2.06. The Morgan fingerprint density at radius 2 is 1.85 bits per heavy atom. The van der Waals surface area contributed by atoms with Crippen LogP contribution in [0.2, 0.25) is 5.15 Å². The molecule has 4 nitrogen and oxygen atoms in total. The number of nitrogens with zero attached hydrogens (tertiary/aromatic N) is 2. The predicted molar refractivity (Wildman–Crippen MR) is 76.7 cm³/mol. The van der Waals surface area contributed by atoms with E-state index >= 15 is 0 Å². The summed E-state index contributed by atoms with van der Waals surface area (Å²) < 4.78 is 11.1. The number of hydrogen-bond acceptors (Lipinski definition) is 4. The van der Waals surface area contributed by atoms with Crippen LogP contribution in [0, 0.1) is 0 Å². The molecular formula is C15H15ClN2O2. The van der Waals surface area contributed by atoms with Crippen molar-refractivity contribution in [3.05, 3.63) is 41.3 Å². The molecular weight excluding hydrogens is 276 g/mol. The fraction of sp³-hybridized carbons (Fsp3) is 0.333. The van der Waals surface area contributed by atoms with Crippen molar-refractivity contribution in [1.82, 2.24) is 9.97 Å². The van der Waals surface area contributed by atoms with E-state index in [4.69, 9.17) is 21.1 Å². The van der Waals surface area contributed by atoms with Gasteiger partial charge in [0.25, 0.3) is 0 Å². The van der Waals surface area contributed by atoms with E-state index in [2.05, 4.69) is 9.97 Å². The van der Waals surface area contributed by atoms with E-state index in [1.165, 1.54) is 0 Å². The van der Waals surface area contributed by atoms with Gasteiger partial charge in [0.1, 0.15) is 22.5 Å². The molecule has 1 heterocycles. The number of ether oxygens (including phenoxy) is 2. The molecule has 1 aromatic carbocycles. The maximum absolute atomic E-state index is 6.00. The smallest absolute Gasteiger partial charge is 0.224 e. The first-order chi connectivity index (χ1) is 9.74. The molecule has 0 amide bonds. The number of halogens is 1. The Hall–Kier alpha value is -1.81. The number of benzene rings is 1. The van der Waals surface area contributed by atoms with Crippen molar-refractivity contribution < 1.29 is 9.47 Å². The summed E-state index contributed by atoms with van der Waals surface area (Å²) in [5.74, 6) is 3.22. The molecule has 1 aromatic heterocycles. The van der Waals surface area contributed by atoms with Crippen LogP contribution >= 0.6 is 11.6 Å². The lowest BCUT2D eigenvalue weighted by Crippen LogP contribution is -1.96. The highest BCUT2D eigenvalue weighted by molar-refractivity contribution is 6.29. The fourth-order valence-electron chi connectivity index (χ4n) is 1.88. The van der Waals surface area contributed by atoms with Crippen LogP contribution < -0.4 is 9.47 Å². The third-order valence-electron chi connectivity index (χ3n) is 2.99. The lowest BCUT2D eigenvalue weighted by Gasteiger charge is -2.08. The zero-order valence-electron chi connectivity index (χ0n) is 11.2. The van der Waals surface area contributed by atoms with Gasteiger partial charge < -0.3 is 9.47 Å². The zero-order chi connectivity index (χ0) is 13.9. The van der Waals surface area contributed by atoms with Gasteiger partial charge in [0, 0.05) is 12.0 Å². The lowest BCUT2D eigenvalue weighted by atomic mass is 10.3. The van der Waals surface area contributed by atoms with Gasteiger partial charge in [0.2, 0.25) is 5.88 Å². The molecule has 0 unspecified atom stereocenters. The Kier molecular flexibility index (Phi) is 3.74. The minimum atomic E-state index is 0.419. The van der Waals surface area contributed by atoms with Gasteiger partial charge in [0.15, 0.2) is 0 Å². The third-order valence-corrected chi connectivity index (χ3v) is 3.18. The first-order valence-corrected chi connectivity index (χ1v) is 7.07. The summed E-state index contributed by atoms with van der Waals surface area (Å²) in [6.45, 7) is 2.60. The molecule has 104 valence electrons. The van der Waals surface area contributed by atoms with Crippen LogP contribution in [0.1, 0.15) is 31.5 Å². The summed E-state index contributed by atoms with van der Waals surface area (Å²) in [6.07, 6.45) is 2.26. The third kappa shape index (κ3) is 3.20. The van der Waals surface area contributed by atoms with Gasteiger partial charge in [-0.3, -0.25) is 0 Å². The molecule has 1 saturated carbocycles. The quantitative estimate of drug-likeness (QED) is 0.774. The Bertz CT molecular complexity index is 597. The highest BCUT2D eigenvalue weighted by Gasteiger charge is 2.27. The van der Waals surface area contributed by atoms with E-state index in [1.807, 2.05) is 31.2 Å². The van der Waals surface area contributed by atoms with Crippen molar-refractivity contribution in [2.75, 3.05) is 6.61 Å².